The number of carbonyl (C=O) groups excluding carboxylic acids is 1. The van der Waals surface area contributed by atoms with Crippen molar-refractivity contribution in [3.63, 3.8) is 0 Å². The Morgan fingerprint density at radius 1 is 1.44 bits per heavy atom. The first-order valence-corrected chi connectivity index (χ1v) is 4.26. The van der Waals surface area contributed by atoms with E-state index in [9.17, 15) is 14.0 Å². The number of rotatable bonds is 3. The van der Waals surface area contributed by atoms with Crippen LogP contribution in [0, 0.1) is 5.82 Å². The highest BCUT2D eigenvalue weighted by molar-refractivity contribution is 5.88. The molecule has 0 aliphatic carbocycles. The summed E-state index contributed by atoms with van der Waals surface area (Å²) in [6, 6.07) is 2.97. The van der Waals surface area contributed by atoms with E-state index >= 15 is 0 Å². The molecule has 0 aliphatic rings. The Bertz CT molecular complexity index is 457. The molecular weight excluding hydrogens is 215 g/mol. The number of halogens is 1. The molecule has 0 saturated carbocycles. The van der Waals surface area contributed by atoms with Crippen LogP contribution in [0.5, 0.6) is 0 Å². The molecule has 2 amide bonds. The van der Waals surface area contributed by atoms with E-state index < -0.39 is 17.8 Å². The van der Waals surface area contributed by atoms with E-state index in [1.165, 1.54) is 18.2 Å². The Morgan fingerprint density at radius 3 is 2.62 bits per heavy atom. The Balaban J connectivity index is 2.90. The van der Waals surface area contributed by atoms with Gasteiger partial charge in [-0.05, 0) is 23.8 Å². The van der Waals surface area contributed by atoms with Crippen LogP contribution in [-0.2, 0) is 4.79 Å². The summed E-state index contributed by atoms with van der Waals surface area (Å²) in [4.78, 5) is 20.7. The molecule has 5 nitrogen and oxygen atoms in total. The molecule has 0 unspecified atom stereocenters. The van der Waals surface area contributed by atoms with Crippen LogP contribution in [0.1, 0.15) is 5.56 Å². The Hall–Kier alpha value is -2.37. The fourth-order valence-electron chi connectivity index (χ4n) is 1.04. The summed E-state index contributed by atoms with van der Waals surface area (Å²) in [5.41, 5.74) is 5.14. The minimum absolute atomic E-state index is 0.0556. The zero-order valence-corrected chi connectivity index (χ0v) is 8.11. The molecule has 0 saturated heterocycles. The molecule has 0 radical (unpaired) electrons. The first kappa shape index (κ1) is 11.7. The van der Waals surface area contributed by atoms with E-state index in [1.807, 2.05) is 0 Å². The molecule has 1 aromatic rings. The van der Waals surface area contributed by atoms with Crippen LogP contribution < -0.4 is 11.1 Å². The molecule has 0 fully saturated rings. The van der Waals surface area contributed by atoms with Gasteiger partial charge >= 0.3 is 12.0 Å². The minimum Gasteiger partial charge on any atom is -0.478 e. The summed E-state index contributed by atoms with van der Waals surface area (Å²) in [6.07, 6.45) is 2.12. The standard InChI is InChI=1S/C10H9FN2O3/c11-7-5-6(2-4-9(14)15)1-3-8(7)13-10(12)16/h1-5H,(H,14,15)(H3,12,13,16). The number of hydrogen-bond acceptors (Lipinski definition) is 2. The Labute approximate surface area is 90.4 Å². The van der Waals surface area contributed by atoms with Crippen molar-refractivity contribution >= 4 is 23.8 Å². The number of aliphatic carboxylic acids is 1. The molecule has 0 spiro atoms. The summed E-state index contributed by atoms with van der Waals surface area (Å²) in [7, 11) is 0. The average molecular weight is 224 g/mol. The van der Waals surface area contributed by atoms with Gasteiger partial charge in [-0.25, -0.2) is 14.0 Å². The van der Waals surface area contributed by atoms with Gasteiger partial charge in [0.2, 0.25) is 0 Å². The number of carbonyl (C=O) groups is 2. The lowest BCUT2D eigenvalue weighted by Gasteiger charge is -2.03. The number of urea groups is 1. The van der Waals surface area contributed by atoms with E-state index in [0.29, 0.717) is 5.56 Å². The number of nitrogens with two attached hydrogens (primary N) is 1. The first-order chi connectivity index (χ1) is 7.49. The number of amides is 2. The van der Waals surface area contributed by atoms with E-state index in [0.717, 1.165) is 12.1 Å². The van der Waals surface area contributed by atoms with Gasteiger partial charge < -0.3 is 16.2 Å². The van der Waals surface area contributed by atoms with Gasteiger partial charge in [0.25, 0.3) is 0 Å². The molecule has 0 atom stereocenters. The molecular formula is C10H9FN2O3. The first-order valence-electron chi connectivity index (χ1n) is 4.26. The van der Waals surface area contributed by atoms with Crippen molar-refractivity contribution in [2.45, 2.75) is 0 Å². The molecule has 1 rings (SSSR count). The zero-order chi connectivity index (χ0) is 12.1. The van der Waals surface area contributed by atoms with Crippen molar-refractivity contribution in [1.82, 2.24) is 0 Å². The number of nitrogens with one attached hydrogen (secondary N) is 1. The van der Waals surface area contributed by atoms with Gasteiger partial charge in [0.15, 0.2) is 0 Å². The third kappa shape index (κ3) is 3.41. The lowest BCUT2D eigenvalue weighted by Crippen LogP contribution is -2.19. The molecule has 84 valence electrons. The summed E-state index contributed by atoms with van der Waals surface area (Å²) in [5.74, 6) is -1.81. The maximum Gasteiger partial charge on any atom is 0.328 e. The van der Waals surface area contributed by atoms with Crippen LogP contribution in [0.15, 0.2) is 24.3 Å². The molecule has 4 N–H and O–H groups in total. The van der Waals surface area contributed by atoms with Crippen molar-refractivity contribution in [3.8, 4) is 0 Å². The number of anilines is 1. The second kappa shape index (κ2) is 4.92. The van der Waals surface area contributed by atoms with Gasteiger partial charge in [-0.2, -0.15) is 0 Å². The van der Waals surface area contributed by atoms with Crippen LogP contribution in [0.2, 0.25) is 0 Å². The monoisotopic (exact) mass is 224 g/mol. The van der Waals surface area contributed by atoms with Gasteiger partial charge in [0.05, 0.1) is 5.69 Å². The van der Waals surface area contributed by atoms with Crippen LogP contribution >= 0.6 is 0 Å². The molecule has 16 heavy (non-hydrogen) atoms. The van der Waals surface area contributed by atoms with Gasteiger partial charge in [0, 0.05) is 6.08 Å². The molecule has 6 heteroatoms. The normalized spacial score (nSPS) is 10.3. The topological polar surface area (TPSA) is 92.4 Å². The second-order valence-electron chi connectivity index (χ2n) is 2.90. The predicted octanol–water partition coefficient (Wildman–Crippen LogP) is 1.41. The fourth-order valence-corrected chi connectivity index (χ4v) is 1.04. The lowest BCUT2D eigenvalue weighted by atomic mass is 10.2. The molecule has 0 heterocycles. The zero-order valence-electron chi connectivity index (χ0n) is 8.11. The highest BCUT2D eigenvalue weighted by atomic mass is 19.1. The number of hydrogen-bond donors (Lipinski definition) is 3. The highest BCUT2D eigenvalue weighted by Gasteiger charge is 2.04. The maximum atomic E-state index is 13.3. The number of primary amides is 1. The van der Waals surface area contributed by atoms with Crippen molar-refractivity contribution in [2.24, 2.45) is 5.73 Å². The maximum absolute atomic E-state index is 13.3. The highest BCUT2D eigenvalue weighted by Crippen LogP contribution is 2.16. The van der Waals surface area contributed by atoms with E-state index in [2.05, 4.69) is 5.32 Å². The van der Waals surface area contributed by atoms with Crippen molar-refractivity contribution in [3.05, 3.63) is 35.7 Å². The lowest BCUT2D eigenvalue weighted by molar-refractivity contribution is -0.131. The SMILES string of the molecule is NC(=O)Nc1ccc(C=CC(=O)O)cc1F. The third-order valence-corrected chi connectivity index (χ3v) is 1.67. The Morgan fingerprint density at radius 2 is 2.12 bits per heavy atom. The fraction of sp³-hybridized carbons (Fsp3) is 0. The van der Waals surface area contributed by atoms with E-state index in [4.69, 9.17) is 10.8 Å². The van der Waals surface area contributed by atoms with Crippen molar-refractivity contribution in [1.29, 1.82) is 0 Å². The third-order valence-electron chi connectivity index (χ3n) is 1.67. The summed E-state index contributed by atoms with van der Waals surface area (Å²) >= 11 is 0. The molecule has 0 aliphatic heterocycles. The number of carboxylic acid groups (broad SMARTS) is 1. The van der Waals surface area contributed by atoms with Gasteiger partial charge in [0.1, 0.15) is 5.82 Å². The van der Waals surface area contributed by atoms with E-state index in [-0.39, 0.29) is 5.69 Å². The number of carboxylic acids is 1. The van der Waals surface area contributed by atoms with Gasteiger partial charge in [-0.3, -0.25) is 0 Å². The van der Waals surface area contributed by atoms with Gasteiger partial charge in [-0.1, -0.05) is 6.07 Å². The van der Waals surface area contributed by atoms with Crippen LogP contribution in [0.25, 0.3) is 6.08 Å². The van der Waals surface area contributed by atoms with Gasteiger partial charge in [-0.15, -0.1) is 0 Å². The summed E-state index contributed by atoms with van der Waals surface area (Å²) < 4.78 is 13.3. The van der Waals surface area contributed by atoms with Crippen LogP contribution in [0.3, 0.4) is 0 Å². The van der Waals surface area contributed by atoms with Crippen LogP contribution in [0.4, 0.5) is 14.9 Å². The second-order valence-corrected chi connectivity index (χ2v) is 2.90. The smallest absolute Gasteiger partial charge is 0.328 e. The average Bonchev–Trinajstić information content (AvgIpc) is 2.18. The summed E-state index contributed by atoms with van der Waals surface area (Å²) in [5, 5.41) is 10.5. The number of benzene rings is 1. The van der Waals surface area contributed by atoms with Crippen molar-refractivity contribution in [2.75, 3.05) is 5.32 Å². The Kier molecular flexibility index (Phi) is 3.60. The molecule has 0 aromatic heterocycles. The van der Waals surface area contributed by atoms with Crippen molar-refractivity contribution < 1.29 is 19.1 Å². The minimum atomic E-state index is -1.13. The predicted molar refractivity (Wildman–Crippen MR) is 56.3 cm³/mol. The quantitative estimate of drug-likeness (QED) is 0.678. The van der Waals surface area contributed by atoms with E-state index in [1.54, 1.807) is 0 Å². The molecule has 1 aromatic carbocycles. The van der Waals surface area contributed by atoms with Crippen LogP contribution in [-0.4, -0.2) is 17.1 Å². The molecule has 0 bridgehead atoms. The summed E-state index contributed by atoms with van der Waals surface area (Å²) in [6.45, 7) is 0. The largest absolute Gasteiger partial charge is 0.478 e.